The lowest BCUT2D eigenvalue weighted by Crippen LogP contribution is -2.31. The van der Waals surface area contributed by atoms with Gasteiger partial charge in [0.2, 0.25) is 5.95 Å². The molecule has 1 aliphatic heterocycles. The van der Waals surface area contributed by atoms with Crippen LogP contribution in [0.3, 0.4) is 0 Å². The van der Waals surface area contributed by atoms with E-state index in [1.165, 1.54) is 10.4 Å². The zero-order valence-electron chi connectivity index (χ0n) is 10.4. The Morgan fingerprint density at radius 1 is 1.44 bits per heavy atom. The summed E-state index contributed by atoms with van der Waals surface area (Å²) >= 11 is 1.85. The molecule has 18 heavy (non-hydrogen) atoms. The van der Waals surface area contributed by atoms with Gasteiger partial charge in [-0.05, 0) is 36.4 Å². The zero-order chi connectivity index (χ0) is 12.5. The van der Waals surface area contributed by atoms with Crippen molar-refractivity contribution >= 4 is 17.3 Å². The first kappa shape index (κ1) is 11.6. The molecular formula is C13H16N4S. The van der Waals surface area contributed by atoms with Gasteiger partial charge in [-0.3, -0.25) is 0 Å². The highest BCUT2D eigenvalue weighted by Gasteiger charge is 2.19. The van der Waals surface area contributed by atoms with E-state index >= 15 is 0 Å². The highest BCUT2D eigenvalue weighted by Crippen LogP contribution is 2.26. The summed E-state index contributed by atoms with van der Waals surface area (Å²) in [6.07, 6.45) is 1.09. The molecule has 1 aliphatic rings. The number of nitrogens with two attached hydrogens (primary N) is 1. The predicted octanol–water partition coefficient (Wildman–Crippen LogP) is 1.87. The molecule has 3 rings (SSSR count). The minimum Gasteiger partial charge on any atom is -0.336 e. The Bertz CT molecular complexity index is 564. The maximum atomic E-state index is 5.67. The lowest BCUT2D eigenvalue weighted by atomic mass is 10.1. The second-order valence-electron chi connectivity index (χ2n) is 4.55. The lowest BCUT2D eigenvalue weighted by molar-refractivity contribution is 0.710. The standard InChI is InChI=1S/C13H16N4S/c1-9-6-11(7-14)16-13(15-9)17-4-2-12-10(8-17)3-5-18-12/h3,5-6H,2,4,7-8,14H2,1H3. The van der Waals surface area contributed by atoms with Crippen molar-refractivity contribution in [2.45, 2.75) is 26.4 Å². The summed E-state index contributed by atoms with van der Waals surface area (Å²) in [5.74, 6) is 0.812. The second-order valence-corrected chi connectivity index (χ2v) is 5.55. The largest absolute Gasteiger partial charge is 0.336 e. The maximum absolute atomic E-state index is 5.67. The Labute approximate surface area is 110 Å². The number of aryl methyl sites for hydroxylation is 1. The number of aromatic nitrogens is 2. The zero-order valence-corrected chi connectivity index (χ0v) is 11.2. The summed E-state index contributed by atoms with van der Waals surface area (Å²) in [6.45, 7) is 4.35. The van der Waals surface area contributed by atoms with Crippen LogP contribution in [0.1, 0.15) is 21.8 Å². The van der Waals surface area contributed by atoms with E-state index in [0.29, 0.717) is 6.54 Å². The van der Waals surface area contributed by atoms with Crippen LogP contribution in [-0.4, -0.2) is 16.5 Å². The molecule has 4 nitrogen and oxygen atoms in total. The van der Waals surface area contributed by atoms with Crippen LogP contribution in [0, 0.1) is 6.92 Å². The van der Waals surface area contributed by atoms with Gasteiger partial charge in [-0.2, -0.15) is 0 Å². The fourth-order valence-corrected chi connectivity index (χ4v) is 3.17. The Morgan fingerprint density at radius 3 is 3.17 bits per heavy atom. The van der Waals surface area contributed by atoms with Gasteiger partial charge in [0.15, 0.2) is 0 Å². The number of hydrogen-bond acceptors (Lipinski definition) is 5. The molecule has 2 aromatic rings. The van der Waals surface area contributed by atoms with Crippen molar-refractivity contribution in [3.63, 3.8) is 0 Å². The molecule has 0 aliphatic carbocycles. The van der Waals surface area contributed by atoms with Crippen LogP contribution in [0.25, 0.3) is 0 Å². The van der Waals surface area contributed by atoms with Crippen LogP contribution < -0.4 is 10.6 Å². The third-order valence-electron chi connectivity index (χ3n) is 3.20. The van der Waals surface area contributed by atoms with Gasteiger partial charge >= 0.3 is 0 Å². The molecule has 0 amide bonds. The molecule has 0 aromatic carbocycles. The van der Waals surface area contributed by atoms with Crippen molar-refractivity contribution in [2.75, 3.05) is 11.4 Å². The van der Waals surface area contributed by atoms with E-state index in [1.807, 2.05) is 24.3 Å². The molecule has 5 heteroatoms. The summed E-state index contributed by atoms with van der Waals surface area (Å²) in [5.41, 5.74) is 8.97. The van der Waals surface area contributed by atoms with E-state index in [2.05, 4.69) is 26.3 Å². The van der Waals surface area contributed by atoms with E-state index in [-0.39, 0.29) is 0 Å². The van der Waals surface area contributed by atoms with Gasteiger partial charge in [0.25, 0.3) is 0 Å². The van der Waals surface area contributed by atoms with Crippen molar-refractivity contribution in [1.29, 1.82) is 0 Å². The Balaban J connectivity index is 1.90. The molecule has 0 unspecified atom stereocenters. The van der Waals surface area contributed by atoms with E-state index in [9.17, 15) is 0 Å². The molecule has 94 valence electrons. The van der Waals surface area contributed by atoms with Crippen molar-refractivity contribution in [1.82, 2.24) is 9.97 Å². The number of rotatable bonds is 2. The Hall–Kier alpha value is -1.46. The monoisotopic (exact) mass is 260 g/mol. The molecule has 0 saturated heterocycles. The van der Waals surface area contributed by atoms with E-state index in [1.54, 1.807) is 0 Å². The molecule has 2 N–H and O–H groups in total. The van der Waals surface area contributed by atoms with Crippen LogP contribution in [0.4, 0.5) is 5.95 Å². The van der Waals surface area contributed by atoms with Crippen LogP contribution in [-0.2, 0) is 19.5 Å². The highest BCUT2D eigenvalue weighted by atomic mass is 32.1. The summed E-state index contributed by atoms with van der Waals surface area (Å²) in [6, 6.07) is 4.15. The number of fused-ring (bicyclic) bond motifs is 1. The minimum absolute atomic E-state index is 0.466. The molecule has 0 spiro atoms. The third kappa shape index (κ3) is 2.11. The average molecular weight is 260 g/mol. The summed E-state index contributed by atoms with van der Waals surface area (Å²) in [4.78, 5) is 12.8. The van der Waals surface area contributed by atoms with Crippen LogP contribution in [0.2, 0.25) is 0 Å². The second kappa shape index (κ2) is 4.66. The molecule has 0 bridgehead atoms. The van der Waals surface area contributed by atoms with Gasteiger partial charge in [-0.25, -0.2) is 9.97 Å². The first-order chi connectivity index (χ1) is 8.76. The van der Waals surface area contributed by atoms with Gasteiger partial charge in [-0.1, -0.05) is 0 Å². The summed E-state index contributed by atoms with van der Waals surface area (Å²) in [7, 11) is 0. The summed E-state index contributed by atoms with van der Waals surface area (Å²) < 4.78 is 0. The number of thiophene rings is 1. The number of nitrogens with zero attached hydrogens (tertiary/aromatic N) is 3. The number of hydrogen-bond donors (Lipinski definition) is 1. The van der Waals surface area contributed by atoms with Crippen molar-refractivity contribution in [3.05, 3.63) is 39.3 Å². The van der Waals surface area contributed by atoms with Gasteiger partial charge < -0.3 is 10.6 Å². The summed E-state index contributed by atoms with van der Waals surface area (Å²) in [5, 5.41) is 2.16. The molecular weight excluding hydrogens is 244 g/mol. The van der Waals surface area contributed by atoms with Crippen molar-refractivity contribution in [3.8, 4) is 0 Å². The van der Waals surface area contributed by atoms with Gasteiger partial charge in [0.1, 0.15) is 0 Å². The fourth-order valence-electron chi connectivity index (χ4n) is 2.28. The average Bonchev–Trinajstić information content (AvgIpc) is 2.85. The van der Waals surface area contributed by atoms with Gasteiger partial charge in [0, 0.05) is 30.2 Å². The van der Waals surface area contributed by atoms with E-state index in [0.717, 1.165) is 36.8 Å². The predicted molar refractivity (Wildman–Crippen MR) is 73.7 cm³/mol. The molecule has 0 saturated carbocycles. The van der Waals surface area contributed by atoms with E-state index in [4.69, 9.17) is 5.73 Å². The fraction of sp³-hybridized carbons (Fsp3) is 0.385. The lowest BCUT2D eigenvalue weighted by Gasteiger charge is -2.27. The smallest absolute Gasteiger partial charge is 0.226 e. The highest BCUT2D eigenvalue weighted by molar-refractivity contribution is 7.10. The Kier molecular flexibility index (Phi) is 3.01. The van der Waals surface area contributed by atoms with Crippen molar-refractivity contribution in [2.24, 2.45) is 5.73 Å². The molecule has 3 heterocycles. The van der Waals surface area contributed by atoms with Crippen LogP contribution in [0.15, 0.2) is 17.5 Å². The van der Waals surface area contributed by atoms with Gasteiger partial charge in [-0.15, -0.1) is 11.3 Å². The molecule has 2 aromatic heterocycles. The molecule has 0 fully saturated rings. The van der Waals surface area contributed by atoms with Crippen LogP contribution >= 0.6 is 11.3 Å². The topological polar surface area (TPSA) is 55.0 Å². The first-order valence-corrected chi connectivity index (χ1v) is 6.99. The first-order valence-electron chi connectivity index (χ1n) is 6.11. The SMILES string of the molecule is Cc1cc(CN)nc(N2CCc3sccc3C2)n1. The van der Waals surface area contributed by atoms with Crippen LogP contribution in [0.5, 0.6) is 0 Å². The minimum atomic E-state index is 0.466. The number of anilines is 1. The normalized spacial score (nSPS) is 14.7. The third-order valence-corrected chi connectivity index (χ3v) is 4.22. The molecule has 0 radical (unpaired) electrons. The maximum Gasteiger partial charge on any atom is 0.226 e. The Morgan fingerprint density at radius 2 is 2.33 bits per heavy atom. The van der Waals surface area contributed by atoms with Crippen molar-refractivity contribution < 1.29 is 0 Å². The van der Waals surface area contributed by atoms with E-state index < -0.39 is 0 Å². The quantitative estimate of drug-likeness (QED) is 0.895. The van der Waals surface area contributed by atoms with Gasteiger partial charge in [0.05, 0.1) is 5.69 Å². The molecule has 0 atom stereocenters.